The Hall–Kier alpha value is -0.0400. The molecule has 3 unspecified atom stereocenters. The van der Waals surface area contributed by atoms with Gasteiger partial charge in [-0.15, -0.1) is 0 Å². The largest absolute Gasteiger partial charge is 0.329 e. The minimum Gasteiger partial charge on any atom is -0.329 e. The zero-order chi connectivity index (χ0) is 5.90. The van der Waals surface area contributed by atoms with Crippen LogP contribution in [0.5, 0.6) is 0 Å². The lowest BCUT2D eigenvalue weighted by atomic mass is 9.62. The van der Waals surface area contributed by atoms with Crippen LogP contribution in [0.25, 0.3) is 0 Å². The molecule has 3 atom stereocenters. The maximum Gasteiger partial charge on any atom is 0.106 e. The van der Waals surface area contributed by atoms with E-state index >= 15 is 0 Å². The van der Waals surface area contributed by atoms with Gasteiger partial charge in [-0.25, -0.2) is 0 Å². The lowest BCUT2D eigenvalue weighted by Crippen LogP contribution is -3.26. The highest BCUT2D eigenvalue weighted by atomic mass is 15.3. The highest BCUT2D eigenvalue weighted by molar-refractivity contribution is 5.03. The molecule has 0 radical (unpaired) electrons. The van der Waals surface area contributed by atoms with Crippen molar-refractivity contribution in [3.05, 3.63) is 0 Å². The molecule has 1 aliphatic carbocycles. The molecule has 1 heteroatoms. The highest BCUT2D eigenvalue weighted by Crippen LogP contribution is 2.46. The van der Waals surface area contributed by atoms with Crippen LogP contribution in [-0.4, -0.2) is 18.6 Å². The first-order valence-corrected chi connectivity index (χ1v) is 4.27. The molecule has 2 aliphatic heterocycles. The Balaban J connectivity index is 1.97. The maximum absolute atomic E-state index is 1.96. The van der Waals surface area contributed by atoms with Crippen LogP contribution >= 0.6 is 0 Å². The van der Waals surface area contributed by atoms with Gasteiger partial charge >= 0.3 is 0 Å². The Morgan fingerprint density at radius 2 is 2.11 bits per heavy atom. The minimum absolute atomic E-state index is 0.889. The second-order valence-electron chi connectivity index (χ2n) is 4.03. The van der Waals surface area contributed by atoms with E-state index in [1.54, 1.807) is 25.7 Å². The predicted octanol–water partition coefficient (Wildman–Crippen LogP) is -0.173. The van der Waals surface area contributed by atoms with Crippen LogP contribution in [-0.2, 0) is 0 Å². The monoisotopic (exact) mass is 124 g/mol. The van der Waals surface area contributed by atoms with Gasteiger partial charge in [0.2, 0.25) is 0 Å². The van der Waals surface area contributed by atoms with E-state index in [1.165, 1.54) is 19.0 Å². The second-order valence-corrected chi connectivity index (χ2v) is 4.03. The summed E-state index contributed by atoms with van der Waals surface area (Å²) in [6.45, 7) is 3.00. The van der Waals surface area contributed by atoms with Crippen LogP contribution in [0.1, 0.15) is 25.7 Å². The lowest BCUT2D eigenvalue weighted by Gasteiger charge is -2.53. The first kappa shape index (κ1) is 4.73. The van der Waals surface area contributed by atoms with E-state index in [1.807, 2.05) is 4.90 Å². The lowest BCUT2D eigenvalue weighted by molar-refractivity contribution is -0.992. The van der Waals surface area contributed by atoms with Gasteiger partial charge in [-0.1, -0.05) is 0 Å². The van der Waals surface area contributed by atoms with Gasteiger partial charge in [0.05, 0.1) is 19.5 Å². The maximum atomic E-state index is 1.96. The molecule has 2 heterocycles. The molecule has 3 rings (SSSR count). The summed E-state index contributed by atoms with van der Waals surface area (Å²) in [5.41, 5.74) is 0.889. The molecule has 0 bridgehead atoms. The fourth-order valence-electron chi connectivity index (χ4n) is 3.26. The molecular formula is C8H14N+. The fourth-order valence-corrected chi connectivity index (χ4v) is 3.26. The summed E-state index contributed by atoms with van der Waals surface area (Å²) in [7, 11) is 0. The number of quaternary nitrogens is 1. The van der Waals surface area contributed by atoms with E-state index in [2.05, 4.69) is 0 Å². The molecule has 1 N–H and O–H groups in total. The first-order valence-electron chi connectivity index (χ1n) is 4.27. The molecule has 0 aromatic heterocycles. The molecule has 0 aromatic carbocycles. The third-order valence-electron chi connectivity index (χ3n) is 4.09. The summed E-state index contributed by atoms with van der Waals surface area (Å²) >= 11 is 0. The van der Waals surface area contributed by atoms with E-state index in [4.69, 9.17) is 0 Å². The molecule has 0 aromatic rings. The highest BCUT2D eigenvalue weighted by Gasteiger charge is 2.64. The predicted molar refractivity (Wildman–Crippen MR) is 35.4 cm³/mol. The molecule has 0 amide bonds. The molecule has 50 valence electrons. The van der Waals surface area contributed by atoms with E-state index in [9.17, 15) is 0 Å². The Morgan fingerprint density at radius 1 is 1.11 bits per heavy atom. The zero-order valence-electron chi connectivity index (χ0n) is 5.82. The zero-order valence-corrected chi connectivity index (χ0v) is 5.82. The third-order valence-corrected chi connectivity index (χ3v) is 4.09. The molecule has 3 aliphatic rings. The summed E-state index contributed by atoms with van der Waals surface area (Å²) in [6.07, 6.45) is 6.23. The topological polar surface area (TPSA) is 4.44 Å². The van der Waals surface area contributed by atoms with Gasteiger partial charge in [0.1, 0.15) is 5.54 Å². The van der Waals surface area contributed by atoms with Crippen LogP contribution in [0.4, 0.5) is 0 Å². The Kier molecular flexibility index (Phi) is 0.628. The van der Waals surface area contributed by atoms with Crippen LogP contribution < -0.4 is 4.90 Å². The van der Waals surface area contributed by atoms with Gasteiger partial charge in [-0.2, -0.15) is 0 Å². The molecule has 9 heavy (non-hydrogen) atoms. The second kappa shape index (κ2) is 1.20. The number of rotatable bonds is 0. The van der Waals surface area contributed by atoms with E-state index in [0.717, 1.165) is 5.54 Å². The van der Waals surface area contributed by atoms with Crippen molar-refractivity contribution in [2.75, 3.05) is 13.1 Å². The standard InChI is InChI=1S/C8H13N/c1-3-8-4-6-9(8)5-2-7(1)8/h7H,1-6H2/p+1. The minimum atomic E-state index is 0.889. The van der Waals surface area contributed by atoms with Gasteiger partial charge in [-0.05, 0) is 6.42 Å². The van der Waals surface area contributed by atoms with Crippen LogP contribution in [0.2, 0.25) is 0 Å². The van der Waals surface area contributed by atoms with Gasteiger partial charge in [-0.3, -0.25) is 0 Å². The quantitative estimate of drug-likeness (QED) is 0.457. The van der Waals surface area contributed by atoms with E-state index in [0.29, 0.717) is 0 Å². The summed E-state index contributed by atoms with van der Waals surface area (Å²) in [6, 6.07) is 0. The molecular weight excluding hydrogens is 110 g/mol. The van der Waals surface area contributed by atoms with Gasteiger partial charge in [0.15, 0.2) is 0 Å². The Labute approximate surface area is 56.0 Å². The van der Waals surface area contributed by atoms with Crippen LogP contribution in [0.15, 0.2) is 0 Å². The van der Waals surface area contributed by atoms with Gasteiger partial charge in [0, 0.05) is 18.8 Å². The average molecular weight is 124 g/mol. The van der Waals surface area contributed by atoms with Gasteiger partial charge in [0.25, 0.3) is 0 Å². The summed E-state index contributed by atoms with van der Waals surface area (Å²) in [4.78, 5) is 1.96. The summed E-state index contributed by atoms with van der Waals surface area (Å²) in [5.74, 6) is 1.17. The van der Waals surface area contributed by atoms with Crippen molar-refractivity contribution >= 4 is 0 Å². The van der Waals surface area contributed by atoms with Crippen molar-refractivity contribution in [3.8, 4) is 0 Å². The number of hydrogen-bond donors (Lipinski definition) is 1. The van der Waals surface area contributed by atoms with Crippen LogP contribution in [0.3, 0.4) is 0 Å². The summed E-state index contributed by atoms with van der Waals surface area (Å²) in [5, 5.41) is 0. The summed E-state index contributed by atoms with van der Waals surface area (Å²) < 4.78 is 0. The van der Waals surface area contributed by atoms with Crippen molar-refractivity contribution in [3.63, 3.8) is 0 Å². The molecule has 3 fully saturated rings. The Bertz CT molecular complexity index is 135. The molecule has 1 saturated carbocycles. The normalized spacial score (nSPS) is 61.3. The number of hydrogen-bond acceptors (Lipinski definition) is 0. The van der Waals surface area contributed by atoms with Crippen molar-refractivity contribution in [2.24, 2.45) is 5.92 Å². The molecule has 1 spiro atoms. The third kappa shape index (κ3) is 0.337. The van der Waals surface area contributed by atoms with Crippen molar-refractivity contribution < 1.29 is 4.90 Å². The van der Waals surface area contributed by atoms with E-state index < -0.39 is 0 Å². The first-order chi connectivity index (χ1) is 4.42. The Morgan fingerprint density at radius 3 is 2.44 bits per heavy atom. The van der Waals surface area contributed by atoms with Gasteiger partial charge < -0.3 is 4.90 Å². The van der Waals surface area contributed by atoms with Crippen molar-refractivity contribution in [1.29, 1.82) is 0 Å². The fraction of sp³-hybridized carbons (Fsp3) is 1.00. The molecule has 1 nitrogen and oxygen atoms in total. The molecule has 2 saturated heterocycles. The van der Waals surface area contributed by atoms with E-state index in [-0.39, 0.29) is 0 Å². The SMILES string of the molecule is C1C[NH+]2CCC23CCC13. The smallest absolute Gasteiger partial charge is 0.106 e. The average Bonchev–Trinajstić information content (AvgIpc) is 1.85. The van der Waals surface area contributed by atoms with Crippen molar-refractivity contribution in [2.45, 2.75) is 31.2 Å². The van der Waals surface area contributed by atoms with Crippen molar-refractivity contribution in [1.82, 2.24) is 0 Å². The van der Waals surface area contributed by atoms with Crippen LogP contribution in [0, 0.1) is 5.92 Å². The number of nitrogens with one attached hydrogen (secondary N) is 1.